The lowest BCUT2D eigenvalue weighted by Crippen LogP contribution is -2.28. The van der Waals surface area contributed by atoms with Gasteiger partial charge in [0.05, 0.1) is 12.7 Å². The van der Waals surface area contributed by atoms with Gasteiger partial charge in [0.25, 0.3) is 0 Å². The maximum absolute atomic E-state index is 10.2. The first kappa shape index (κ1) is 12.1. The monoisotopic (exact) mass is 307 g/mol. The molecule has 1 unspecified atom stereocenters. The highest BCUT2D eigenvalue weighted by molar-refractivity contribution is 5.37. The highest BCUT2D eigenvalue weighted by Crippen LogP contribution is 2.40. The van der Waals surface area contributed by atoms with E-state index in [1.165, 1.54) is 0 Å². The summed E-state index contributed by atoms with van der Waals surface area (Å²) in [6.07, 6.45) is 7.10. The molecule has 1 aliphatic carbocycles. The van der Waals surface area contributed by atoms with E-state index in [1.807, 2.05) is 45.9 Å². The quantitative estimate of drug-likeness (QED) is 0.735. The minimum Gasteiger partial charge on any atom is -0.393 e. The van der Waals surface area contributed by atoms with Gasteiger partial charge in [0.2, 0.25) is 0 Å². The van der Waals surface area contributed by atoms with Gasteiger partial charge in [0.1, 0.15) is 0 Å². The predicted molar refractivity (Wildman–Crippen MR) is 94.6 cm³/mol. The van der Waals surface area contributed by atoms with E-state index in [2.05, 4.69) is 0 Å². The molecule has 0 bridgehead atoms. The van der Waals surface area contributed by atoms with Crippen molar-refractivity contribution in [3.63, 3.8) is 0 Å². The highest BCUT2D eigenvalue weighted by atomic mass is 16.3. The molecule has 0 spiro atoms. The average molecular weight is 307 g/mol. The molecule has 0 heterocycles. The van der Waals surface area contributed by atoms with Crippen LogP contribution in [-0.2, 0) is 0 Å². The van der Waals surface area contributed by atoms with E-state index in [1.54, 1.807) is 18.2 Å². The van der Waals surface area contributed by atoms with Gasteiger partial charge in [0, 0.05) is 6.85 Å². The Morgan fingerprint density at radius 1 is 1.36 bits per heavy atom. The first-order valence-corrected chi connectivity index (χ1v) is 7.48. The normalized spacial score (nSPS) is 30.1. The molecule has 1 atom stereocenters. The van der Waals surface area contributed by atoms with Gasteiger partial charge < -0.3 is 10.2 Å². The summed E-state index contributed by atoms with van der Waals surface area (Å²) in [5, 5.41) is 19.0. The maximum atomic E-state index is 10.2. The molecule has 0 radical (unpaired) electrons. The third-order valence-corrected chi connectivity index (χ3v) is 3.66. The van der Waals surface area contributed by atoms with Crippen LogP contribution in [-0.4, -0.2) is 22.9 Å². The molecular weight excluding hydrogens is 272 g/mol. The second-order valence-electron chi connectivity index (χ2n) is 6.27. The number of aliphatic hydroxyl groups is 2. The lowest BCUT2D eigenvalue weighted by molar-refractivity contribution is 0.116. The van der Waals surface area contributed by atoms with E-state index in [0.29, 0.717) is 5.57 Å². The summed E-state index contributed by atoms with van der Waals surface area (Å²) in [4.78, 5) is 0. The van der Waals surface area contributed by atoms with Crippen molar-refractivity contribution in [1.82, 2.24) is 0 Å². The molecule has 0 saturated heterocycles. The second-order valence-corrected chi connectivity index (χ2v) is 6.27. The molecule has 0 saturated carbocycles. The molecule has 1 rings (SSSR count). The minimum absolute atomic E-state index is 0.0201. The molecule has 22 heavy (non-hydrogen) atoms. The van der Waals surface area contributed by atoms with Gasteiger partial charge in [-0.1, -0.05) is 67.0 Å². The van der Waals surface area contributed by atoms with Crippen molar-refractivity contribution >= 4 is 0 Å². The minimum atomic E-state index is -2.63. The highest BCUT2D eigenvalue weighted by Gasteiger charge is 2.31. The van der Waals surface area contributed by atoms with Crippen molar-refractivity contribution in [3.8, 4) is 0 Å². The SMILES string of the molecule is [2H]C([2H])([2H])C1=C(/C=C/C(C)=C/C=C/C(C)=C/CO)C(C)(C)CC(O)C1([2H])[2H]. The zero-order valence-electron chi connectivity index (χ0n) is 18.9. The third-order valence-electron chi connectivity index (χ3n) is 3.66. The van der Waals surface area contributed by atoms with Crippen LogP contribution in [0.15, 0.2) is 58.7 Å². The Labute approximate surface area is 142 Å². The molecule has 0 fully saturated rings. The van der Waals surface area contributed by atoms with Crippen LogP contribution in [0.1, 0.15) is 54.2 Å². The Kier molecular flexibility index (Phi) is 4.56. The number of rotatable bonds is 5. The first-order valence-electron chi connectivity index (χ1n) is 9.98. The van der Waals surface area contributed by atoms with Crippen LogP contribution in [0, 0.1) is 5.41 Å². The molecule has 0 aromatic heterocycles. The van der Waals surface area contributed by atoms with Crippen molar-refractivity contribution in [2.24, 2.45) is 5.41 Å². The molecule has 0 aromatic carbocycles. The fourth-order valence-corrected chi connectivity index (χ4v) is 2.37. The molecule has 122 valence electrons. The van der Waals surface area contributed by atoms with Gasteiger partial charge in [0.15, 0.2) is 0 Å². The molecule has 2 N–H and O–H groups in total. The summed E-state index contributed by atoms with van der Waals surface area (Å²) in [6, 6.07) is 0. The van der Waals surface area contributed by atoms with Crippen molar-refractivity contribution < 1.29 is 17.1 Å². The van der Waals surface area contributed by atoms with E-state index in [4.69, 9.17) is 12.0 Å². The van der Waals surface area contributed by atoms with E-state index >= 15 is 0 Å². The van der Waals surface area contributed by atoms with Gasteiger partial charge in [-0.25, -0.2) is 0 Å². The third kappa shape index (κ3) is 5.78. The van der Waals surface area contributed by atoms with Gasteiger partial charge in [-0.05, 0) is 44.5 Å². The van der Waals surface area contributed by atoms with Crippen LogP contribution < -0.4 is 0 Å². The van der Waals surface area contributed by atoms with Crippen LogP contribution in [0.25, 0.3) is 0 Å². The van der Waals surface area contributed by atoms with E-state index in [-0.39, 0.29) is 18.6 Å². The summed E-state index contributed by atoms with van der Waals surface area (Å²) >= 11 is 0. The van der Waals surface area contributed by atoms with Gasteiger partial charge >= 0.3 is 0 Å². The molecule has 0 amide bonds. The molecule has 2 heteroatoms. The first-order chi connectivity index (χ1) is 12.2. The Bertz CT molecular complexity index is 692. The Balaban J connectivity index is 3.33. The zero-order chi connectivity index (χ0) is 21.0. The average Bonchev–Trinajstić information content (AvgIpc) is 2.48. The molecule has 1 aliphatic rings. The van der Waals surface area contributed by atoms with Gasteiger partial charge in [-0.3, -0.25) is 0 Å². The fraction of sp³-hybridized carbons (Fsp3) is 0.500. The Hall–Kier alpha value is -1.38. The summed E-state index contributed by atoms with van der Waals surface area (Å²) < 4.78 is 39.7. The van der Waals surface area contributed by atoms with Crippen molar-refractivity contribution in [2.75, 3.05) is 6.61 Å². The van der Waals surface area contributed by atoms with Crippen LogP contribution in [0.5, 0.6) is 0 Å². The second kappa shape index (κ2) is 8.30. The van der Waals surface area contributed by atoms with Gasteiger partial charge in [-0.15, -0.1) is 0 Å². The smallest absolute Gasteiger partial charge is 0.0617 e. The van der Waals surface area contributed by atoms with E-state index < -0.39 is 24.7 Å². The zero-order valence-corrected chi connectivity index (χ0v) is 13.9. The number of hydrogen-bond donors (Lipinski definition) is 2. The fourth-order valence-electron chi connectivity index (χ4n) is 2.37. The summed E-state index contributed by atoms with van der Waals surface area (Å²) in [6.45, 7) is 4.72. The molecular formula is C20H30O2. The lowest BCUT2D eigenvalue weighted by atomic mass is 9.71. The van der Waals surface area contributed by atoms with Crippen molar-refractivity contribution in [2.45, 2.75) is 53.4 Å². The van der Waals surface area contributed by atoms with Crippen LogP contribution >= 0.6 is 0 Å². The van der Waals surface area contributed by atoms with E-state index in [0.717, 1.165) is 11.1 Å². The number of allylic oxidation sites excluding steroid dienone is 8. The maximum Gasteiger partial charge on any atom is 0.0617 e. The van der Waals surface area contributed by atoms with Crippen molar-refractivity contribution in [3.05, 3.63) is 58.7 Å². The Morgan fingerprint density at radius 2 is 2.09 bits per heavy atom. The van der Waals surface area contributed by atoms with Crippen molar-refractivity contribution in [1.29, 1.82) is 0 Å². The lowest BCUT2D eigenvalue weighted by Gasteiger charge is -2.35. The molecule has 0 aromatic rings. The van der Waals surface area contributed by atoms with Crippen LogP contribution in [0.3, 0.4) is 0 Å². The van der Waals surface area contributed by atoms with E-state index in [9.17, 15) is 5.11 Å². The summed E-state index contributed by atoms with van der Waals surface area (Å²) in [7, 11) is 0. The van der Waals surface area contributed by atoms with Gasteiger partial charge in [-0.2, -0.15) is 0 Å². The molecule has 0 aliphatic heterocycles. The standard InChI is InChI=1S/C20H30O2/c1-15(7-6-8-16(2)11-12-21)9-10-19-17(3)13-18(22)14-20(19,4)5/h6-11,18,21-22H,12-14H2,1-5H3/b8-6+,10-9+,15-7+,16-11+/i3D3,13D2. The largest absolute Gasteiger partial charge is 0.393 e. The molecule has 2 nitrogen and oxygen atoms in total. The van der Waals surface area contributed by atoms with Crippen LogP contribution in [0.4, 0.5) is 0 Å². The predicted octanol–water partition coefficient (Wildman–Crippen LogP) is 4.48. The summed E-state index contributed by atoms with van der Waals surface area (Å²) in [5.74, 6) is 0. The topological polar surface area (TPSA) is 40.5 Å². The number of hydrogen-bond acceptors (Lipinski definition) is 2. The number of aliphatic hydroxyl groups excluding tert-OH is 2. The van der Waals surface area contributed by atoms with Crippen LogP contribution in [0.2, 0.25) is 0 Å². The summed E-state index contributed by atoms with van der Waals surface area (Å²) in [5.41, 5.74) is 1.21. The Morgan fingerprint density at radius 3 is 2.73 bits per heavy atom.